The maximum absolute atomic E-state index is 12.9. The Morgan fingerprint density at radius 1 is 1.47 bits per heavy atom. The molecule has 1 rings (SSSR count). The first kappa shape index (κ1) is 11.7. The van der Waals surface area contributed by atoms with Gasteiger partial charge in [0.25, 0.3) is 0 Å². The lowest BCUT2D eigenvalue weighted by Gasteiger charge is -2.05. The van der Waals surface area contributed by atoms with E-state index in [1.165, 1.54) is 12.1 Å². The van der Waals surface area contributed by atoms with Crippen LogP contribution in [0, 0.1) is 5.82 Å². The molecule has 1 unspecified atom stereocenters. The van der Waals surface area contributed by atoms with Crippen LogP contribution in [0.2, 0.25) is 0 Å². The number of phenols is 1. The first-order chi connectivity index (χ1) is 7.11. The van der Waals surface area contributed by atoms with E-state index in [9.17, 15) is 9.50 Å². The van der Waals surface area contributed by atoms with E-state index in [1.54, 1.807) is 6.08 Å². The molecule has 0 aliphatic carbocycles. The van der Waals surface area contributed by atoms with Crippen LogP contribution in [-0.4, -0.2) is 17.7 Å². The number of halogens is 1. The molecule has 3 heteroatoms. The molecule has 0 spiro atoms. The van der Waals surface area contributed by atoms with Gasteiger partial charge >= 0.3 is 0 Å². The van der Waals surface area contributed by atoms with Gasteiger partial charge in [0.2, 0.25) is 0 Å². The molecular formula is C12H16FNO. The third-order valence-corrected chi connectivity index (χ3v) is 2.01. The van der Waals surface area contributed by atoms with Gasteiger partial charge in [0.15, 0.2) is 0 Å². The lowest BCUT2D eigenvalue weighted by Crippen LogP contribution is -2.22. The second kappa shape index (κ2) is 5.51. The van der Waals surface area contributed by atoms with Crippen molar-refractivity contribution >= 4 is 6.08 Å². The number of benzene rings is 1. The molecule has 1 aromatic carbocycles. The molecule has 15 heavy (non-hydrogen) atoms. The zero-order valence-corrected chi connectivity index (χ0v) is 9.00. The molecule has 0 heterocycles. The monoisotopic (exact) mass is 209 g/mol. The maximum Gasteiger partial charge on any atom is 0.127 e. The Balaban J connectivity index is 2.71. The van der Waals surface area contributed by atoms with Gasteiger partial charge in [-0.1, -0.05) is 19.1 Å². The summed E-state index contributed by atoms with van der Waals surface area (Å²) in [5.74, 6) is -0.475. The Kier molecular flexibility index (Phi) is 4.31. The number of hydrogen-bond donors (Lipinski definition) is 2. The standard InChI is InChI=1S/C12H16FNO/c1-3-14-9(2)4-5-10-6-11(13)8-12(15)7-10/h4-9,14-15H,3H2,1-2H3/b5-4+. The van der Waals surface area contributed by atoms with E-state index in [0.29, 0.717) is 5.56 Å². The molecule has 0 amide bonds. The molecule has 0 radical (unpaired) electrons. The summed E-state index contributed by atoms with van der Waals surface area (Å²) in [7, 11) is 0. The van der Waals surface area contributed by atoms with E-state index in [0.717, 1.165) is 12.6 Å². The molecule has 0 saturated carbocycles. The summed E-state index contributed by atoms with van der Waals surface area (Å²) in [6, 6.07) is 4.23. The third-order valence-electron chi connectivity index (χ3n) is 2.01. The number of likely N-dealkylation sites (N-methyl/N-ethyl adjacent to an activating group) is 1. The lowest BCUT2D eigenvalue weighted by atomic mass is 10.1. The molecule has 2 nitrogen and oxygen atoms in total. The van der Waals surface area contributed by atoms with Gasteiger partial charge in [-0.3, -0.25) is 0 Å². The third kappa shape index (κ3) is 4.13. The van der Waals surface area contributed by atoms with E-state index < -0.39 is 5.82 Å². The maximum atomic E-state index is 12.9. The molecule has 0 aliphatic heterocycles. The molecule has 0 aliphatic rings. The van der Waals surface area contributed by atoms with Gasteiger partial charge in [-0.25, -0.2) is 4.39 Å². The van der Waals surface area contributed by atoms with Crippen molar-refractivity contribution in [2.75, 3.05) is 6.54 Å². The summed E-state index contributed by atoms with van der Waals surface area (Å²) in [4.78, 5) is 0. The minimum atomic E-state index is -0.425. The minimum Gasteiger partial charge on any atom is -0.508 e. The van der Waals surface area contributed by atoms with E-state index in [4.69, 9.17) is 0 Å². The smallest absolute Gasteiger partial charge is 0.127 e. The zero-order chi connectivity index (χ0) is 11.3. The van der Waals surface area contributed by atoms with E-state index >= 15 is 0 Å². The number of phenolic OH excluding ortho intramolecular Hbond substituents is 1. The lowest BCUT2D eigenvalue weighted by molar-refractivity contribution is 0.469. The number of hydrogen-bond acceptors (Lipinski definition) is 2. The molecule has 0 bridgehead atoms. The quantitative estimate of drug-likeness (QED) is 0.798. The fourth-order valence-corrected chi connectivity index (χ4v) is 1.34. The van der Waals surface area contributed by atoms with Crippen molar-refractivity contribution in [2.45, 2.75) is 19.9 Å². The second-order valence-corrected chi connectivity index (χ2v) is 3.45. The van der Waals surface area contributed by atoms with Crippen molar-refractivity contribution in [3.05, 3.63) is 35.7 Å². The van der Waals surface area contributed by atoms with E-state index in [1.807, 2.05) is 19.9 Å². The highest BCUT2D eigenvalue weighted by molar-refractivity contribution is 5.52. The molecule has 0 fully saturated rings. The molecule has 0 aromatic heterocycles. The van der Waals surface area contributed by atoms with Crippen molar-refractivity contribution in [1.82, 2.24) is 5.32 Å². The summed E-state index contributed by atoms with van der Waals surface area (Å²) < 4.78 is 12.9. The molecule has 1 atom stereocenters. The topological polar surface area (TPSA) is 32.3 Å². The number of aromatic hydroxyl groups is 1. The normalized spacial score (nSPS) is 13.3. The van der Waals surface area contributed by atoms with Crippen molar-refractivity contribution < 1.29 is 9.50 Å². The average Bonchev–Trinajstić information content (AvgIpc) is 2.14. The Morgan fingerprint density at radius 2 is 2.20 bits per heavy atom. The van der Waals surface area contributed by atoms with Crippen LogP contribution in [0.4, 0.5) is 4.39 Å². The summed E-state index contributed by atoms with van der Waals surface area (Å²) in [5, 5.41) is 12.4. The van der Waals surface area contributed by atoms with Crippen LogP contribution in [0.15, 0.2) is 24.3 Å². The van der Waals surface area contributed by atoms with Crippen LogP contribution in [0.1, 0.15) is 19.4 Å². The van der Waals surface area contributed by atoms with Crippen LogP contribution in [-0.2, 0) is 0 Å². The summed E-state index contributed by atoms with van der Waals surface area (Å²) in [6.45, 7) is 4.93. The summed E-state index contributed by atoms with van der Waals surface area (Å²) >= 11 is 0. The van der Waals surface area contributed by atoms with E-state index in [2.05, 4.69) is 5.32 Å². The van der Waals surface area contributed by atoms with Gasteiger partial charge < -0.3 is 10.4 Å². The fraction of sp³-hybridized carbons (Fsp3) is 0.333. The van der Waals surface area contributed by atoms with Gasteiger partial charge in [-0.05, 0) is 31.2 Å². The van der Waals surface area contributed by atoms with Crippen LogP contribution in [0.25, 0.3) is 6.08 Å². The highest BCUT2D eigenvalue weighted by atomic mass is 19.1. The molecule has 0 saturated heterocycles. The van der Waals surface area contributed by atoms with Crippen molar-refractivity contribution in [1.29, 1.82) is 0 Å². The van der Waals surface area contributed by atoms with Gasteiger partial charge in [-0.15, -0.1) is 0 Å². The highest BCUT2D eigenvalue weighted by Gasteiger charge is 1.97. The Bertz CT molecular complexity index is 329. The highest BCUT2D eigenvalue weighted by Crippen LogP contribution is 2.15. The Morgan fingerprint density at radius 3 is 2.80 bits per heavy atom. The summed E-state index contributed by atoms with van der Waals surface area (Å²) in [6.07, 6.45) is 3.72. The van der Waals surface area contributed by atoms with Gasteiger partial charge in [-0.2, -0.15) is 0 Å². The van der Waals surface area contributed by atoms with Crippen molar-refractivity contribution in [2.24, 2.45) is 0 Å². The Hall–Kier alpha value is -1.35. The van der Waals surface area contributed by atoms with Crippen molar-refractivity contribution in [3.63, 3.8) is 0 Å². The first-order valence-electron chi connectivity index (χ1n) is 5.03. The second-order valence-electron chi connectivity index (χ2n) is 3.45. The summed E-state index contributed by atoms with van der Waals surface area (Å²) in [5.41, 5.74) is 0.664. The molecule has 1 aromatic rings. The van der Waals surface area contributed by atoms with Crippen LogP contribution in [0.3, 0.4) is 0 Å². The molecule has 82 valence electrons. The predicted molar refractivity (Wildman–Crippen MR) is 60.2 cm³/mol. The first-order valence-corrected chi connectivity index (χ1v) is 5.03. The fourth-order valence-electron chi connectivity index (χ4n) is 1.34. The van der Waals surface area contributed by atoms with Crippen LogP contribution in [0.5, 0.6) is 5.75 Å². The predicted octanol–water partition coefficient (Wildman–Crippen LogP) is 2.54. The molecular weight excluding hydrogens is 193 g/mol. The SMILES string of the molecule is CCNC(C)/C=C/c1cc(O)cc(F)c1. The number of rotatable bonds is 4. The molecule has 2 N–H and O–H groups in total. The largest absolute Gasteiger partial charge is 0.508 e. The van der Waals surface area contributed by atoms with Gasteiger partial charge in [0.1, 0.15) is 11.6 Å². The minimum absolute atomic E-state index is 0.0502. The number of nitrogens with one attached hydrogen (secondary N) is 1. The van der Waals surface area contributed by atoms with Crippen LogP contribution >= 0.6 is 0 Å². The Labute approximate surface area is 89.4 Å². The zero-order valence-electron chi connectivity index (χ0n) is 9.00. The van der Waals surface area contributed by atoms with Crippen molar-refractivity contribution in [3.8, 4) is 5.75 Å². The van der Waals surface area contributed by atoms with E-state index in [-0.39, 0.29) is 11.8 Å². The van der Waals surface area contributed by atoms with Crippen LogP contribution < -0.4 is 5.32 Å². The van der Waals surface area contributed by atoms with Gasteiger partial charge in [0.05, 0.1) is 0 Å². The van der Waals surface area contributed by atoms with Gasteiger partial charge in [0, 0.05) is 12.1 Å². The average molecular weight is 209 g/mol.